The maximum Gasteiger partial charge on any atom is 0.268 e. The Hall–Kier alpha value is -2.80. The molecule has 0 aliphatic heterocycles. The van der Waals surface area contributed by atoms with E-state index in [0.717, 1.165) is 22.2 Å². The summed E-state index contributed by atoms with van der Waals surface area (Å²) in [4.78, 5) is -0.278. The fourth-order valence-corrected chi connectivity index (χ4v) is 4.42. The van der Waals surface area contributed by atoms with Crippen LogP contribution in [0.3, 0.4) is 0 Å². The van der Waals surface area contributed by atoms with Crippen molar-refractivity contribution in [1.82, 2.24) is 3.97 Å². The molecule has 0 unspecified atom stereocenters. The molecule has 0 fully saturated rings. The summed E-state index contributed by atoms with van der Waals surface area (Å²) < 4.78 is 68.5. The Morgan fingerprint density at radius 3 is 2.37 bits per heavy atom. The minimum absolute atomic E-state index is 0.0640. The zero-order chi connectivity index (χ0) is 19.8. The van der Waals surface area contributed by atoms with Gasteiger partial charge in [-0.1, -0.05) is 25.6 Å². The van der Waals surface area contributed by atoms with Crippen molar-refractivity contribution in [2.45, 2.75) is 18.2 Å². The zero-order valence-corrected chi connectivity index (χ0v) is 15.2. The normalized spacial score (nSPS) is 11.6. The highest BCUT2D eigenvalue weighted by molar-refractivity contribution is 7.90. The number of hydrogen-bond donors (Lipinski definition) is 0. The van der Waals surface area contributed by atoms with Gasteiger partial charge in [-0.05, 0) is 47.9 Å². The van der Waals surface area contributed by atoms with Crippen LogP contribution in [0.15, 0.2) is 60.1 Å². The first-order valence-corrected chi connectivity index (χ1v) is 9.56. The first kappa shape index (κ1) is 19.0. The summed E-state index contributed by atoms with van der Waals surface area (Å²) in [7, 11) is -4.22. The van der Waals surface area contributed by atoms with Gasteiger partial charge in [-0.3, -0.25) is 0 Å². The molecule has 0 atom stereocenters. The van der Waals surface area contributed by atoms with Crippen LogP contribution in [0.25, 0.3) is 17.3 Å². The number of rotatable bonds is 5. The Morgan fingerprint density at radius 2 is 1.78 bits per heavy atom. The van der Waals surface area contributed by atoms with Crippen molar-refractivity contribution in [1.29, 1.82) is 0 Å². The molecule has 27 heavy (non-hydrogen) atoms. The minimum atomic E-state index is -4.22. The van der Waals surface area contributed by atoms with Crippen molar-refractivity contribution in [3.8, 4) is 11.3 Å². The van der Waals surface area contributed by atoms with E-state index in [9.17, 15) is 21.6 Å². The second kappa shape index (κ2) is 7.08. The minimum Gasteiger partial charge on any atom is -0.240 e. The van der Waals surface area contributed by atoms with E-state index in [4.69, 9.17) is 0 Å². The summed E-state index contributed by atoms with van der Waals surface area (Å²) in [6.45, 7) is 5.46. The third kappa shape index (κ3) is 3.30. The number of hydrogen-bond acceptors (Lipinski definition) is 2. The molecule has 3 nitrogen and oxygen atoms in total. The highest BCUT2D eigenvalue weighted by atomic mass is 32.2. The molecule has 1 aromatic heterocycles. The predicted octanol–water partition coefficient (Wildman–Crippen LogP) is 5.01. The maximum atomic E-state index is 14.5. The van der Waals surface area contributed by atoms with Gasteiger partial charge in [-0.25, -0.2) is 25.6 Å². The number of aromatic nitrogens is 1. The summed E-state index contributed by atoms with van der Waals surface area (Å²) in [5.41, 5.74) is 1.03. The lowest BCUT2D eigenvalue weighted by Crippen LogP contribution is -2.14. The Bertz CT molecular complexity index is 1130. The number of nitrogens with zero attached hydrogens (tertiary/aromatic N) is 1. The van der Waals surface area contributed by atoms with Gasteiger partial charge in [-0.2, -0.15) is 0 Å². The quantitative estimate of drug-likeness (QED) is 0.613. The topological polar surface area (TPSA) is 39.1 Å². The Morgan fingerprint density at radius 1 is 1.07 bits per heavy atom. The fourth-order valence-electron chi connectivity index (χ4n) is 2.98. The lowest BCUT2D eigenvalue weighted by molar-refractivity contribution is 0.581. The zero-order valence-electron chi connectivity index (χ0n) is 14.4. The van der Waals surface area contributed by atoms with Crippen molar-refractivity contribution >= 4 is 16.1 Å². The van der Waals surface area contributed by atoms with E-state index in [-0.39, 0.29) is 16.2 Å². The SMILES string of the molecule is C=Cc1cn(S(=O)(=O)c2cccc(F)c2)c(-c2ccc(F)cc2F)c1CC. The monoisotopic (exact) mass is 391 g/mol. The third-order valence-corrected chi connectivity index (χ3v) is 5.88. The molecule has 0 amide bonds. The third-order valence-electron chi connectivity index (χ3n) is 4.22. The van der Waals surface area contributed by atoms with Gasteiger partial charge in [-0.15, -0.1) is 0 Å². The molecule has 3 rings (SSSR count). The summed E-state index contributed by atoms with van der Waals surface area (Å²) in [6.07, 6.45) is 3.16. The van der Waals surface area contributed by atoms with Crippen LogP contribution in [0.1, 0.15) is 18.1 Å². The van der Waals surface area contributed by atoms with Crippen molar-refractivity contribution < 1.29 is 21.6 Å². The highest BCUT2D eigenvalue weighted by Crippen LogP contribution is 2.34. The van der Waals surface area contributed by atoms with Crippen molar-refractivity contribution in [3.05, 3.63) is 83.8 Å². The van der Waals surface area contributed by atoms with Gasteiger partial charge in [0.15, 0.2) is 0 Å². The van der Waals surface area contributed by atoms with Crippen LogP contribution in [0.5, 0.6) is 0 Å². The van der Waals surface area contributed by atoms with Crippen LogP contribution >= 0.6 is 0 Å². The van der Waals surface area contributed by atoms with Crippen LogP contribution in [0.2, 0.25) is 0 Å². The second-order valence-corrected chi connectivity index (χ2v) is 7.67. The molecule has 1 heterocycles. The standard InChI is InChI=1S/C20H16F3NO2S/c1-3-13-12-24(27(25,26)16-7-5-6-14(21)10-16)20(17(13)4-2)18-9-8-15(22)11-19(18)23/h3,5-12H,1,4H2,2H3. The largest absolute Gasteiger partial charge is 0.268 e. The molecule has 0 saturated carbocycles. The highest BCUT2D eigenvalue weighted by Gasteiger charge is 2.26. The first-order chi connectivity index (χ1) is 12.8. The molecule has 0 saturated heterocycles. The van der Waals surface area contributed by atoms with Crippen LogP contribution in [0.4, 0.5) is 13.2 Å². The second-order valence-electron chi connectivity index (χ2n) is 5.85. The smallest absolute Gasteiger partial charge is 0.240 e. The van der Waals surface area contributed by atoms with Crippen LogP contribution in [0, 0.1) is 17.5 Å². The Kier molecular flexibility index (Phi) is 4.97. The average molecular weight is 391 g/mol. The lowest BCUT2D eigenvalue weighted by Gasteiger charge is -2.13. The Labute approximate surface area is 155 Å². The molecule has 0 aliphatic carbocycles. The summed E-state index contributed by atoms with van der Waals surface area (Å²) in [5, 5.41) is 0. The molecule has 0 N–H and O–H groups in total. The molecule has 0 radical (unpaired) electrons. The van der Waals surface area contributed by atoms with Crippen LogP contribution in [-0.2, 0) is 16.4 Å². The Balaban J connectivity index is 2.37. The van der Waals surface area contributed by atoms with E-state index in [1.165, 1.54) is 30.5 Å². The van der Waals surface area contributed by atoms with E-state index in [1.807, 2.05) is 0 Å². The van der Waals surface area contributed by atoms with E-state index < -0.39 is 27.5 Å². The average Bonchev–Trinajstić information content (AvgIpc) is 3.01. The van der Waals surface area contributed by atoms with Gasteiger partial charge < -0.3 is 0 Å². The molecule has 0 bridgehead atoms. The van der Waals surface area contributed by atoms with Gasteiger partial charge in [0.2, 0.25) is 0 Å². The molecule has 0 aliphatic rings. The van der Waals surface area contributed by atoms with Gasteiger partial charge in [0, 0.05) is 17.8 Å². The molecule has 3 aromatic rings. The molecule has 7 heteroatoms. The van der Waals surface area contributed by atoms with Crippen molar-refractivity contribution in [3.63, 3.8) is 0 Å². The summed E-state index contributed by atoms with van der Waals surface area (Å²) in [6, 6.07) is 7.47. The lowest BCUT2D eigenvalue weighted by atomic mass is 10.0. The van der Waals surface area contributed by atoms with E-state index in [2.05, 4.69) is 6.58 Å². The number of halogens is 3. The summed E-state index contributed by atoms with van der Waals surface area (Å²) in [5.74, 6) is -2.38. The van der Waals surface area contributed by atoms with E-state index >= 15 is 0 Å². The van der Waals surface area contributed by atoms with Gasteiger partial charge in [0.1, 0.15) is 17.5 Å². The van der Waals surface area contributed by atoms with Crippen molar-refractivity contribution in [2.24, 2.45) is 0 Å². The van der Waals surface area contributed by atoms with Crippen LogP contribution < -0.4 is 0 Å². The maximum absolute atomic E-state index is 14.5. The van der Waals surface area contributed by atoms with E-state index in [1.54, 1.807) is 6.92 Å². The van der Waals surface area contributed by atoms with Crippen molar-refractivity contribution in [2.75, 3.05) is 0 Å². The molecule has 2 aromatic carbocycles. The fraction of sp³-hybridized carbons (Fsp3) is 0.100. The van der Waals surface area contributed by atoms with Gasteiger partial charge in [0.25, 0.3) is 10.0 Å². The van der Waals surface area contributed by atoms with Crippen LogP contribution in [-0.4, -0.2) is 12.4 Å². The molecule has 0 spiro atoms. The van der Waals surface area contributed by atoms with Gasteiger partial charge >= 0.3 is 0 Å². The molecule has 140 valence electrons. The number of benzene rings is 2. The predicted molar refractivity (Wildman–Crippen MR) is 98.2 cm³/mol. The molecular weight excluding hydrogens is 375 g/mol. The van der Waals surface area contributed by atoms with Gasteiger partial charge in [0.05, 0.1) is 10.6 Å². The van der Waals surface area contributed by atoms with E-state index in [0.29, 0.717) is 23.6 Å². The molecular formula is C20H16F3NO2S. The summed E-state index contributed by atoms with van der Waals surface area (Å²) >= 11 is 0. The first-order valence-electron chi connectivity index (χ1n) is 8.12.